The molecule has 8 aromatic rings. The summed E-state index contributed by atoms with van der Waals surface area (Å²) < 4.78 is 6.26. The molecule has 7 aromatic carbocycles. The van der Waals surface area contributed by atoms with Gasteiger partial charge in [0.05, 0.1) is 11.6 Å². The summed E-state index contributed by atoms with van der Waals surface area (Å²) in [6, 6.07) is 56.6. The number of para-hydroxylation sites is 2. The summed E-state index contributed by atoms with van der Waals surface area (Å²) in [5.41, 5.74) is 13.1. The maximum Gasteiger partial charge on any atom is 0.143 e. The van der Waals surface area contributed by atoms with Crippen molar-refractivity contribution in [2.45, 2.75) is 4.90 Å². The number of rotatable bonds is 5. The lowest BCUT2D eigenvalue weighted by atomic mass is 9.93. The van der Waals surface area contributed by atoms with Crippen molar-refractivity contribution >= 4 is 34.6 Å². The summed E-state index contributed by atoms with van der Waals surface area (Å²) in [7, 11) is 0. The van der Waals surface area contributed by atoms with E-state index in [-0.39, 0.29) is 0 Å². The fourth-order valence-electron chi connectivity index (χ4n) is 6.31. The highest BCUT2D eigenvalue weighted by atomic mass is 32.1. The molecule has 0 spiro atoms. The molecular formula is C43H27NOS. The van der Waals surface area contributed by atoms with Crippen molar-refractivity contribution < 1.29 is 4.42 Å². The SMILES string of the molecule is N#Cc1cc(-c2cccc3c2oc2ccccc23)ccc1-c1ccc(-c2ccc(-c3cccc(-c4ccccc4S)c3)cc2)cc1. The van der Waals surface area contributed by atoms with E-state index in [9.17, 15) is 5.26 Å². The van der Waals surface area contributed by atoms with Gasteiger partial charge in [-0.15, -0.1) is 12.6 Å². The highest BCUT2D eigenvalue weighted by Crippen LogP contribution is 2.38. The highest BCUT2D eigenvalue weighted by Gasteiger charge is 2.14. The summed E-state index contributed by atoms with van der Waals surface area (Å²) in [5.74, 6) is 0. The molecule has 0 bridgehead atoms. The largest absolute Gasteiger partial charge is 0.455 e. The Morgan fingerprint density at radius 2 is 1.00 bits per heavy atom. The van der Waals surface area contributed by atoms with Crippen molar-refractivity contribution in [3.63, 3.8) is 0 Å². The maximum absolute atomic E-state index is 10.1. The Morgan fingerprint density at radius 1 is 0.435 bits per heavy atom. The van der Waals surface area contributed by atoms with Gasteiger partial charge in [-0.1, -0.05) is 133 Å². The molecule has 0 saturated heterocycles. The molecule has 0 unspecified atom stereocenters. The Balaban J connectivity index is 1.06. The van der Waals surface area contributed by atoms with Crippen LogP contribution in [0.5, 0.6) is 0 Å². The molecule has 46 heavy (non-hydrogen) atoms. The standard InChI is InChI=1S/C43H27NOS/c44-27-35-26-34(38-11-6-12-40-39-10-1-3-13-41(39)45-43(38)40)23-24-36(35)31-21-19-29(20-22-31)28-15-17-30(18-16-28)32-7-5-8-33(25-32)37-9-2-4-14-42(37)46/h1-26,46H. The Morgan fingerprint density at radius 3 is 1.76 bits per heavy atom. The van der Waals surface area contributed by atoms with Gasteiger partial charge in [0.15, 0.2) is 0 Å². The molecule has 2 nitrogen and oxygen atoms in total. The second-order valence-corrected chi connectivity index (χ2v) is 11.9. The van der Waals surface area contributed by atoms with E-state index in [0.717, 1.165) is 76.9 Å². The average Bonchev–Trinajstić information content (AvgIpc) is 3.51. The third-order valence-electron chi connectivity index (χ3n) is 8.68. The number of furan rings is 1. The van der Waals surface area contributed by atoms with Crippen molar-refractivity contribution in [1.29, 1.82) is 5.26 Å². The van der Waals surface area contributed by atoms with E-state index in [1.807, 2.05) is 54.6 Å². The van der Waals surface area contributed by atoms with E-state index in [0.29, 0.717) is 5.56 Å². The van der Waals surface area contributed by atoms with Gasteiger partial charge < -0.3 is 4.42 Å². The Hall–Kier alpha value is -5.82. The van der Waals surface area contributed by atoms with Crippen LogP contribution >= 0.6 is 12.6 Å². The van der Waals surface area contributed by atoms with Gasteiger partial charge in [-0.05, 0) is 74.3 Å². The molecule has 0 N–H and O–H groups in total. The van der Waals surface area contributed by atoms with Crippen LogP contribution in [-0.4, -0.2) is 0 Å². The first-order valence-corrected chi connectivity index (χ1v) is 15.7. The average molecular weight is 606 g/mol. The molecule has 0 fully saturated rings. The van der Waals surface area contributed by atoms with Gasteiger partial charge in [-0.2, -0.15) is 5.26 Å². The van der Waals surface area contributed by atoms with Gasteiger partial charge in [0.2, 0.25) is 0 Å². The van der Waals surface area contributed by atoms with Gasteiger partial charge in [-0.25, -0.2) is 0 Å². The number of hydrogen-bond donors (Lipinski definition) is 1. The maximum atomic E-state index is 10.1. The van der Waals surface area contributed by atoms with Crippen LogP contribution < -0.4 is 0 Å². The minimum atomic E-state index is 0.630. The van der Waals surface area contributed by atoms with Crippen molar-refractivity contribution in [3.05, 3.63) is 163 Å². The number of fused-ring (bicyclic) bond motifs is 3. The molecule has 0 amide bonds. The number of nitriles is 1. The molecule has 0 aliphatic rings. The lowest BCUT2D eigenvalue weighted by Crippen LogP contribution is -1.88. The fourth-order valence-corrected chi connectivity index (χ4v) is 6.60. The predicted octanol–water partition coefficient (Wildman–Crippen LogP) is 12.1. The monoisotopic (exact) mass is 605 g/mol. The fraction of sp³-hybridized carbons (Fsp3) is 0. The normalized spacial score (nSPS) is 11.1. The number of benzene rings is 7. The molecule has 0 saturated carbocycles. The molecular weight excluding hydrogens is 579 g/mol. The number of hydrogen-bond acceptors (Lipinski definition) is 3. The summed E-state index contributed by atoms with van der Waals surface area (Å²) in [6.45, 7) is 0. The van der Waals surface area contributed by atoms with Gasteiger partial charge in [0.25, 0.3) is 0 Å². The quantitative estimate of drug-likeness (QED) is 0.198. The molecule has 0 radical (unpaired) electrons. The van der Waals surface area contributed by atoms with Crippen molar-refractivity contribution in [3.8, 4) is 61.7 Å². The molecule has 0 aliphatic heterocycles. The highest BCUT2D eigenvalue weighted by molar-refractivity contribution is 7.80. The van der Waals surface area contributed by atoms with Gasteiger partial charge in [0.1, 0.15) is 11.2 Å². The topological polar surface area (TPSA) is 36.9 Å². The predicted molar refractivity (Wildman–Crippen MR) is 193 cm³/mol. The zero-order valence-corrected chi connectivity index (χ0v) is 25.7. The second-order valence-electron chi connectivity index (χ2n) is 11.4. The van der Waals surface area contributed by atoms with Crippen LogP contribution in [-0.2, 0) is 0 Å². The molecule has 1 heterocycles. The Labute approximate surface area is 273 Å². The molecule has 216 valence electrons. The first-order valence-electron chi connectivity index (χ1n) is 15.2. The minimum absolute atomic E-state index is 0.630. The molecule has 3 heteroatoms. The third kappa shape index (κ3) is 4.96. The summed E-state index contributed by atoms with van der Waals surface area (Å²) >= 11 is 4.65. The smallest absolute Gasteiger partial charge is 0.143 e. The summed E-state index contributed by atoms with van der Waals surface area (Å²) in [4.78, 5) is 0.969. The Bertz CT molecular complexity index is 2430. The number of thiol groups is 1. The van der Waals surface area contributed by atoms with Crippen LogP contribution in [0.1, 0.15) is 5.56 Å². The van der Waals surface area contributed by atoms with Crippen molar-refractivity contribution in [2.75, 3.05) is 0 Å². The van der Waals surface area contributed by atoms with Crippen LogP contribution in [0.4, 0.5) is 0 Å². The van der Waals surface area contributed by atoms with Gasteiger partial charge in [-0.3, -0.25) is 0 Å². The molecule has 0 aliphatic carbocycles. The molecule has 0 atom stereocenters. The van der Waals surface area contributed by atoms with Gasteiger partial charge in [0, 0.05) is 21.2 Å². The minimum Gasteiger partial charge on any atom is -0.455 e. The van der Waals surface area contributed by atoms with Crippen LogP contribution in [0, 0.1) is 11.3 Å². The second kappa shape index (κ2) is 11.6. The zero-order chi connectivity index (χ0) is 31.0. The molecule has 8 rings (SSSR count). The first-order chi connectivity index (χ1) is 22.7. The van der Waals surface area contributed by atoms with E-state index in [2.05, 4.69) is 122 Å². The van der Waals surface area contributed by atoms with Gasteiger partial charge >= 0.3 is 0 Å². The lowest BCUT2D eigenvalue weighted by Gasteiger charge is -2.10. The third-order valence-corrected chi connectivity index (χ3v) is 9.07. The van der Waals surface area contributed by atoms with E-state index >= 15 is 0 Å². The molecule has 1 aromatic heterocycles. The van der Waals surface area contributed by atoms with E-state index in [1.165, 1.54) is 5.56 Å². The lowest BCUT2D eigenvalue weighted by molar-refractivity contribution is 0.670. The summed E-state index contributed by atoms with van der Waals surface area (Å²) in [5, 5.41) is 12.3. The van der Waals surface area contributed by atoms with Crippen molar-refractivity contribution in [2.24, 2.45) is 0 Å². The van der Waals surface area contributed by atoms with E-state index in [1.54, 1.807) is 0 Å². The van der Waals surface area contributed by atoms with E-state index in [4.69, 9.17) is 4.42 Å². The van der Waals surface area contributed by atoms with Crippen LogP contribution in [0.25, 0.3) is 77.6 Å². The summed E-state index contributed by atoms with van der Waals surface area (Å²) in [6.07, 6.45) is 0. The first kappa shape index (κ1) is 27.7. The number of nitrogens with zero attached hydrogens (tertiary/aromatic N) is 1. The Kier molecular flexibility index (Phi) is 6.99. The van der Waals surface area contributed by atoms with Crippen LogP contribution in [0.15, 0.2) is 167 Å². The van der Waals surface area contributed by atoms with Crippen LogP contribution in [0.2, 0.25) is 0 Å². The van der Waals surface area contributed by atoms with Crippen molar-refractivity contribution in [1.82, 2.24) is 0 Å². The zero-order valence-electron chi connectivity index (χ0n) is 24.8. The van der Waals surface area contributed by atoms with E-state index < -0.39 is 0 Å². The van der Waals surface area contributed by atoms with Crippen LogP contribution in [0.3, 0.4) is 0 Å².